The van der Waals surface area contributed by atoms with Crippen molar-refractivity contribution in [2.45, 2.75) is 26.7 Å². The first-order valence-electron chi connectivity index (χ1n) is 10.1. The maximum absolute atomic E-state index is 12.0. The molecule has 166 valence electrons. The predicted molar refractivity (Wildman–Crippen MR) is 124 cm³/mol. The Labute approximate surface area is 190 Å². The van der Waals surface area contributed by atoms with Gasteiger partial charge in [0.2, 0.25) is 0 Å². The fourth-order valence-electron chi connectivity index (χ4n) is 3.13. The number of amides is 1. The van der Waals surface area contributed by atoms with Gasteiger partial charge in [-0.3, -0.25) is 9.79 Å². The van der Waals surface area contributed by atoms with Crippen LogP contribution in [0.3, 0.4) is 0 Å². The largest absolute Gasteiger partial charge is 0.459 e. The molecule has 0 radical (unpaired) electrons. The molecule has 1 atom stereocenters. The zero-order valence-corrected chi connectivity index (χ0v) is 20.1. The molecule has 0 aromatic carbocycles. The van der Waals surface area contributed by atoms with Gasteiger partial charge in [0.1, 0.15) is 0 Å². The van der Waals surface area contributed by atoms with E-state index in [0.717, 1.165) is 50.6 Å². The summed E-state index contributed by atoms with van der Waals surface area (Å²) >= 11 is 0. The Morgan fingerprint density at radius 3 is 2.90 bits per heavy atom. The van der Waals surface area contributed by atoms with E-state index in [1.54, 1.807) is 13.2 Å². The topological polar surface area (TPSA) is 88.3 Å². The number of ether oxygens (including phenoxy) is 2. The molecule has 1 aromatic heterocycles. The van der Waals surface area contributed by atoms with Crippen molar-refractivity contribution in [3.8, 4) is 0 Å². The van der Waals surface area contributed by atoms with Gasteiger partial charge in [-0.25, -0.2) is 0 Å². The molecule has 29 heavy (non-hydrogen) atoms. The van der Waals surface area contributed by atoms with Crippen molar-refractivity contribution < 1.29 is 18.7 Å². The van der Waals surface area contributed by atoms with Gasteiger partial charge >= 0.3 is 0 Å². The average molecular weight is 522 g/mol. The van der Waals surface area contributed by atoms with Crippen molar-refractivity contribution >= 4 is 35.8 Å². The fourth-order valence-corrected chi connectivity index (χ4v) is 3.13. The van der Waals surface area contributed by atoms with Gasteiger partial charge in [0.05, 0.1) is 26.1 Å². The highest BCUT2D eigenvalue weighted by Crippen LogP contribution is 2.16. The standard InChI is InChI=1S/C20H34N4O4.HI/c1-4-21-20(24-10-6-17(14-24)15-27-13-12-26-3)23-9-5-8-22-19(25)18-16(2)7-11-28-18;/h7,11,17H,4-6,8-10,12-15H2,1-3H3,(H,21,23)(H,22,25);1H. The average Bonchev–Trinajstić information content (AvgIpc) is 3.33. The minimum Gasteiger partial charge on any atom is -0.459 e. The second-order valence-corrected chi connectivity index (χ2v) is 6.95. The molecule has 0 aliphatic carbocycles. The number of likely N-dealkylation sites (tertiary alicyclic amines) is 1. The van der Waals surface area contributed by atoms with Crippen LogP contribution in [0.2, 0.25) is 0 Å². The second kappa shape index (κ2) is 14.6. The highest BCUT2D eigenvalue weighted by molar-refractivity contribution is 14.0. The monoisotopic (exact) mass is 522 g/mol. The first-order chi connectivity index (χ1) is 13.7. The lowest BCUT2D eigenvalue weighted by Crippen LogP contribution is -2.40. The Morgan fingerprint density at radius 2 is 2.21 bits per heavy atom. The van der Waals surface area contributed by atoms with Crippen LogP contribution in [0.4, 0.5) is 0 Å². The summed E-state index contributed by atoms with van der Waals surface area (Å²) in [5.74, 6) is 1.67. The van der Waals surface area contributed by atoms with Crippen molar-refractivity contribution in [3.63, 3.8) is 0 Å². The zero-order valence-electron chi connectivity index (χ0n) is 17.7. The SMILES string of the molecule is CCNC(=NCCCNC(=O)c1occc1C)N1CCC(COCCOC)C1.I. The molecular formula is C20H35IN4O4. The summed E-state index contributed by atoms with van der Waals surface area (Å²) in [4.78, 5) is 19.0. The zero-order chi connectivity index (χ0) is 20.2. The molecule has 1 amide bonds. The first kappa shape index (κ1) is 25.7. The molecule has 2 rings (SSSR count). The summed E-state index contributed by atoms with van der Waals surface area (Å²) in [6.07, 6.45) is 3.41. The molecule has 1 aliphatic rings. The molecule has 2 N–H and O–H groups in total. The van der Waals surface area contributed by atoms with Crippen LogP contribution in [0, 0.1) is 12.8 Å². The summed E-state index contributed by atoms with van der Waals surface area (Å²) in [6.45, 7) is 9.96. The predicted octanol–water partition coefficient (Wildman–Crippen LogP) is 2.28. The van der Waals surface area contributed by atoms with E-state index >= 15 is 0 Å². The number of aryl methyl sites for hydroxylation is 1. The Hall–Kier alpha value is -1.33. The molecule has 1 aliphatic heterocycles. The van der Waals surface area contributed by atoms with Crippen LogP contribution in [0.25, 0.3) is 0 Å². The quantitative estimate of drug-likeness (QED) is 0.201. The van der Waals surface area contributed by atoms with E-state index in [-0.39, 0.29) is 29.9 Å². The van der Waals surface area contributed by atoms with Crippen molar-refractivity contribution in [2.24, 2.45) is 10.9 Å². The summed E-state index contributed by atoms with van der Waals surface area (Å²) in [5, 5.41) is 6.24. The second-order valence-electron chi connectivity index (χ2n) is 6.95. The molecule has 1 aromatic rings. The van der Waals surface area contributed by atoms with Gasteiger partial charge < -0.3 is 29.4 Å². The summed E-state index contributed by atoms with van der Waals surface area (Å²) < 4.78 is 15.9. The summed E-state index contributed by atoms with van der Waals surface area (Å²) in [6, 6.07) is 1.79. The first-order valence-corrected chi connectivity index (χ1v) is 10.1. The molecule has 8 nitrogen and oxygen atoms in total. The van der Waals surface area contributed by atoms with Crippen LogP contribution in [0.15, 0.2) is 21.7 Å². The lowest BCUT2D eigenvalue weighted by atomic mass is 10.1. The number of carbonyl (C=O) groups excluding carboxylic acids is 1. The third kappa shape index (κ3) is 8.91. The minimum absolute atomic E-state index is 0. The third-order valence-electron chi connectivity index (χ3n) is 4.66. The lowest BCUT2D eigenvalue weighted by molar-refractivity contribution is 0.0536. The molecule has 0 bridgehead atoms. The Morgan fingerprint density at radius 1 is 1.38 bits per heavy atom. The fraction of sp³-hybridized carbons (Fsp3) is 0.700. The smallest absolute Gasteiger partial charge is 0.287 e. The normalized spacial score (nSPS) is 16.6. The van der Waals surface area contributed by atoms with Crippen molar-refractivity contribution in [2.75, 3.05) is 59.7 Å². The molecule has 1 fully saturated rings. The van der Waals surface area contributed by atoms with Crippen molar-refractivity contribution in [1.82, 2.24) is 15.5 Å². The number of nitrogens with zero attached hydrogens (tertiary/aromatic N) is 2. The van der Waals surface area contributed by atoms with Crippen LogP contribution in [0.1, 0.15) is 35.9 Å². The van der Waals surface area contributed by atoms with Crippen LogP contribution >= 0.6 is 24.0 Å². The van der Waals surface area contributed by atoms with Crippen molar-refractivity contribution in [3.05, 3.63) is 23.7 Å². The number of rotatable bonds is 11. The summed E-state index contributed by atoms with van der Waals surface area (Å²) in [7, 11) is 1.68. The Balaban J connectivity index is 0.00000420. The van der Waals surface area contributed by atoms with Gasteiger partial charge in [-0.2, -0.15) is 0 Å². The maximum atomic E-state index is 12.0. The van der Waals surface area contributed by atoms with E-state index in [1.165, 1.54) is 6.26 Å². The van der Waals surface area contributed by atoms with E-state index in [2.05, 4.69) is 22.5 Å². The van der Waals surface area contributed by atoms with Gasteiger partial charge in [0.25, 0.3) is 5.91 Å². The molecule has 0 spiro atoms. The maximum Gasteiger partial charge on any atom is 0.287 e. The lowest BCUT2D eigenvalue weighted by Gasteiger charge is -2.21. The van der Waals surface area contributed by atoms with Crippen LogP contribution in [-0.2, 0) is 9.47 Å². The minimum atomic E-state index is -0.172. The number of guanidine groups is 1. The van der Waals surface area contributed by atoms with Gasteiger partial charge in [-0.05, 0) is 32.8 Å². The number of furan rings is 1. The Bertz CT molecular complexity index is 623. The number of carbonyl (C=O) groups is 1. The van der Waals surface area contributed by atoms with Gasteiger partial charge in [0, 0.05) is 51.3 Å². The van der Waals surface area contributed by atoms with E-state index in [1.807, 2.05) is 6.92 Å². The molecule has 1 saturated heterocycles. The molecule has 0 saturated carbocycles. The molecule has 1 unspecified atom stereocenters. The van der Waals surface area contributed by atoms with Crippen LogP contribution in [-0.4, -0.2) is 76.4 Å². The van der Waals surface area contributed by atoms with E-state index in [9.17, 15) is 4.79 Å². The van der Waals surface area contributed by atoms with Crippen LogP contribution in [0.5, 0.6) is 0 Å². The highest BCUT2D eigenvalue weighted by Gasteiger charge is 2.24. The van der Waals surface area contributed by atoms with Crippen molar-refractivity contribution in [1.29, 1.82) is 0 Å². The third-order valence-corrected chi connectivity index (χ3v) is 4.66. The van der Waals surface area contributed by atoms with E-state index in [0.29, 0.717) is 38.0 Å². The Kier molecular flexibility index (Phi) is 13.0. The number of hydrogen-bond acceptors (Lipinski definition) is 5. The molecule has 2 heterocycles. The molecule has 9 heteroatoms. The van der Waals surface area contributed by atoms with Gasteiger partial charge in [0.15, 0.2) is 11.7 Å². The van der Waals surface area contributed by atoms with Gasteiger partial charge in [-0.15, -0.1) is 24.0 Å². The number of aliphatic imine (C=N–C) groups is 1. The number of hydrogen-bond donors (Lipinski definition) is 2. The molecular weight excluding hydrogens is 487 g/mol. The number of methoxy groups -OCH3 is 1. The highest BCUT2D eigenvalue weighted by atomic mass is 127. The van der Waals surface area contributed by atoms with Crippen LogP contribution < -0.4 is 10.6 Å². The number of nitrogens with one attached hydrogen (secondary N) is 2. The summed E-state index contributed by atoms with van der Waals surface area (Å²) in [5.41, 5.74) is 0.847. The number of halogens is 1. The van der Waals surface area contributed by atoms with E-state index in [4.69, 9.17) is 18.9 Å². The van der Waals surface area contributed by atoms with Gasteiger partial charge in [-0.1, -0.05) is 0 Å². The van der Waals surface area contributed by atoms with E-state index < -0.39 is 0 Å².